The number of likely N-dealkylation sites (N-methyl/N-ethyl adjacent to an activating group) is 1. The SMILES string of the molecule is CN1CC(NC2(C)C=CN=N2)CCC1=O. The van der Waals surface area contributed by atoms with Gasteiger partial charge in [-0.05, 0) is 19.4 Å². The van der Waals surface area contributed by atoms with E-state index in [0.717, 1.165) is 13.0 Å². The summed E-state index contributed by atoms with van der Waals surface area (Å²) in [6.45, 7) is 2.73. The molecule has 0 bridgehead atoms. The van der Waals surface area contributed by atoms with Crippen LogP contribution in [-0.4, -0.2) is 36.1 Å². The van der Waals surface area contributed by atoms with Gasteiger partial charge in [0.2, 0.25) is 5.91 Å². The summed E-state index contributed by atoms with van der Waals surface area (Å²) in [6.07, 6.45) is 5.13. The lowest BCUT2D eigenvalue weighted by Crippen LogP contribution is -2.52. The molecule has 2 aliphatic rings. The topological polar surface area (TPSA) is 57.1 Å². The molecule has 0 aromatic heterocycles. The summed E-state index contributed by atoms with van der Waals surface area (Å²) in [5, 5.41) is 11.3. The van der Waals surface area contributed by atoms with Crippen molar-refractivity contribution in [1.29, 1.82) is 0 Å². The molecule has 0 aromatic rings. The number of azo groups is 1. The number of likely N-dealkylation sites (tertiary alicyclic amines) is 1. The van der Waals surface area contributed by atoms with E-state index in [-0.39, 0.29) is 11.6 Å². The minimum absolute atomic E-state index is 0.224. The van der Waals surface area contributed by atoms with Crippen LogP contribution in [0, 0.1) is 0 Å². The summed E-state index contributed by atoms with van der Waals surface area (Å²) in [7, 11) is 1.84. The van der Waals surface area contributed by atoms with Gasteiger partial charge in [0.1, 0.15) is 5.66 Å². The van der Waals surface area contributed by atoms with Crippen LogP contribution in [0.2, 0.25) is 0 Å². The van der Waals surface area contributed by atoms with Crippen molar-refractivity contribution in [1.82, 2.24) is 10.2 Å². The number of hydrogen-bond acceptors (Lipinski definition) is 4. The molecule has 0 radical (unpaired) electrons. The first-order chi connectivity index (χ1) is 7.09. The lowest BCUT2D eigenvalue weighted by Gasteiger charge is -2.34. The first-order valence-electron chi connectivity index (χ1n) is 5.20. The zero-order valence-corrected chi connectivity index (χ0v) is 9.10. The van der Waals surface area contributed by atoms with E-state index in [4.69, 9.17) is 0 Å². The second kappa shape index (κ2) is 3.73. The summed E-state index contributed by atoms with van der Waals surface area (Å²) in [5.41, 5.74) is -0.383. The van der Waals surface area contributed by atoms with Crippen LogP contribution in [0.1, 0.15) is 19.8 Å². The van der Waals surface area contributed by atoms with Gasteiger partial charge in [-0.2, -0.15) is 10.2 Å². The zero-order chi connectivity index (χ0) is 10.9. The predicted octanol–water partition coefficient (Wildman–Crippen LogP) is 0.892. The largest absolute Gasteiger partial charge is 0.344 e. The maximum absolute atomic E-state index is 11.3. The van der Waals surface area contributed by atoms with Crippen molar-refractivity contribution in [3.63, 3.8) is 0 Å². The Hall–Kier alpha value is -1.23. The second-order valence-corrected chi connectivity index (χ2v) is 4.33. The molecule has 1 amide bonds. The molecule has 5 nitrogen and oxygen atoms in total. The van der Waals surface area contributed by atoms with E-state index in [1.165, 1.54) is 0 Å². The van der Waals surface area contributed by atoms with Crippen LogP contribution in [0.15, 0.2) is 22.5 Å². The smallest absolute Gasteiger partial charge is 0.222 e. The van der Waals surface area contributed by atoms with Crippen LogP contribution in [0.25, 0.3) is 0 Å². The first-order valence-corrected chi connectivity index (χ1v) is 5.20. The standard InChI is InChI=1S/C10H16N4O/c1-10(5-6-11-13-10)12-8-3-4-9(15)14(2)7-8/h5-6,8,12H,3-4,7H2,1-2H3. The number of hydrogen-bond donors (Lipinski definition) is 1. The molecule has 0 aliphatic carbocycles. The highest BCUT2D eigenvalue weighted by Gasteiger charge is 2.30. The molecule has 2 aliphatic heterocycles. The third kappa shape index (κ3) is 2.23. The average molecular weight is 208 g/mol. The fourth-order valence-electron chi connectivity index (χ4n) is 1.99. The van der Waals surface area contributed by atoms with E-state index in [0.29, 0.717) is 12.5 Å². The Morgan fingerprint density at radius 3 is 3.07 bits per heavy atom. The van der Waals surface area contributed by atoms with Gasteiger partial charge >= 0.3 is 0 Å². The van der Waals surface area contributed by atoms with Crippen molar-refractivity contribution in [3.8, 4) is 0 Å². The normalized spacial score (nSPS) is 35.2. The van der Waals surface area contributed by atoms with Crippen molar-refractivity contribution in [2.45, 2.75) is 31.5 Å². The van der Waals surface area contributed by atoms with E-state index in [1.54, 1.807) is 11.1 Å². The number of nitrogens with one attached hydrogen (secondary N) is 1. The summed E-state index contributed by atoms with van der Waals surface area (Å²) in [4.78, 5) is 13.1. The molecule has 2 unspecified atom stereocenters. The van der Waals surface area contributed by atoms with Crippen LogP contribution in [0.4, 0.5) is 0 Å². The summed E-state index contributed by atoms with van der Waals surface area (Å²) < 4.78 is 0. The van der Waals surface area contributed by atoms with Gasteiger partial charge in [0, 0.05) is 32.3 Å². The van der Waals surface area contributed by atoms with Gasteiger partial charge in [0.15, 0.2) is 0 Å². The van der Waals surface area contributed by atoms with Gasteiger partial charge < -0.3 is 4.90 Å². The third-order valence-corrected chi connectivity index (χ3v) is 2.85. The molecular formula is C10H16N4O. The molecular weight excluding hydrogens is 192 g/mol. The van der Waals surface area contributed by atoms with Crippen LogP contribution < -0.4 is 5.32 Å². The van der Waals surface area contributed by atoms with Gasteiger partial charge in [-0.25, -0.2) is 0 Å². The number of carbonyl (C=O) groups excluding carboxylic acids is 1. The first kappa shape index (κ1) is 10.3. The fourth-order valence-corrected chi connectivity index (χ4v) is 1.99. The van der Waals surface area contributed by atoms with Crippen LogP contribution >= 0.6 is 0 Å². The van der Waals surface area contributed by atoms with E-state index in [1.807, 2.05) is 20.0 Å². The molecule has 2 heterocycles. The average Bonchev–Trinajstić information content (AvgIpc) is 2.59. The summed E-state index contributed by atoms with van der Waals surface area (Å²) in [5.74, 6) is 0.224. The maximum atomic E-state index is 11.3. The third-order valence-electron chi connectivity index (χ3n) is 2.85. The Kier molecular flexibility index (Phi) is 2.56. The quantitative estimate of drug-likeness (QED) is 0.732. The summed E-state index contributed by atoms with van der Waals surface area (Å²) >= 11 is 0. The Morgan fingerprint density at radius 2 is 2.47 bits per heavy atom. The molecule has 5 heteroatoms. The van der Waals surface area contributed by atoms with Crippen molar-refractivity contribution < 1.29 is 4.79 Å². The van der Waals surface area contributed by atoms with Gasteiger partial charge in [-0.3, -0.25) is 10.1 Å². The van der Waals surface area contributed by atoms with Gasteiger partial charge in [0.25, 0.3) is 0 Å². The van der Waals surface area contributed by atoms with Crippen LogP contribution in [0.5, 0.6) is 0 Å². The highest BCUT2D eigenvalue weighted by molar-refractivity contribution is 5.76. The fraction of sp³-hybridized carbons (Fsp3) is 0.700. The number of amides is 1. The number of nitrogens with zero attached hydrogens (tertiary/aromatic N) is 3. The van der Waals surface area contributed by atoms with E-state index < -0.39 is 0 Å². The second-order valence-electron chi connectivity index (χ2n) is 4.33. The molecule has 0 aromatic carbocycles. The Morgan fingerprint density at radius 1 is 1.67 bits per heavy atom. The highest BCUT2D eigenvalue weighted by Crippen LogP contribution is 2.19. The minimum atomic E-state index is -0.383. The minimum Gasteiger partial charge on any atom is -0.344 e. The lowest BCUT2D eigenvalue weighted by atomic mass is 10.0. The maximum Gasteiger partial charge on any atom is 0.222 e. The van der Waals surface area contributed by atoms with E-state index >= 15 is 0 Å². The summed E-state index contributed by atoms with van der Waals surface area (Å²) in [6, 6.07) is 0.305. The number of carbonyl (C=O) groups is 1. The van der Waals surface area contributed by atoms with Gasteiger partial charge in [-0.15, -0.1) is 0 Å². The highest BCUT2D eigenvalue weighted by atomic mass is 16.2. The van der Waals surface area contributed by atoms with Gasteiger partial charge in [0.05, 0.1) is 0 Å². The van der Waals surface area contributed by atoms with Crippen LogP contribution in [-0.2, 0) is 4.79 Å². The van der Waals surface area contributed by atoms with Crippen LogP contribution in [0.3, 0.4) is 0 Å². The monoisotopic (exact) mass is 208 g/mol. The van der Waals surface area contributed by atoms with Crippen molar-refractivity contribution in [3.05, 3.63) is 12.3 Å². The van der Waals surface area contributed by atoms with Gasteiger partial charge in [-0.1, -0.05) is 0 Å². The molecule has 1 fully saturated rings. The molecule has 15 heavy (non-hydrogen) atoms. The predicted molar refractivity (Wildman–Crippen MR) is 56.2 cm³/mol. The Labute approximate surface area is 89.2 Å². The molecule has 2 atom stereocenters. The molecule has 2 rings (SSSR count). The molecule has 1 N–H and O–H groups in total. The van der Waals surface area contributed by atoms with Crippen molar-refractivity contribution in [2.24, 2.45) is 10.2 Å². The molecule has 82 valence electrons. The number of rotatable bonds is 2. The molecule has 1 saturated heterocycles. The Balaban J connectivity index is 1.93. The van der Waals surface area contributed by atoms with E-state index in [2.05, 4.69) is 15.5 Å². The van der Waals surface area contributed by atoms with Crippen molar-refractivity contribution in [2.75, 3.05) is 13.6 Å². The molecule has 0 saturated carbocycles. The zero-order valence-electron chi connectivity index (χ0n) is 9.10. The molecule has 0 spiro atoms. The number of piperidine rings is 1. The van der Waals surface area contributed by atoms with Crippen molar-refractivity contribution >= 4 is 5.91 Å². The Bertz CT molecular complexity index is 311. The van der Waals surface area contributed by atoms with E-state index in [9.17, 15) is 4.79 Å². The lowest BCUT2D eigenvalue weighted by molar-refractivity contribution is -0.132.